The van der Waals surface area contributed by atoms with Crippen molar-refractivity contribution in [2.45, 2.75) is 57.5 Å². The van der Waals surface area contributed by atoms with Gasteiger partial charge in [-0.25, -0.2) is 9.67 Å². The Kier molecular flexibility index (Phi) is 4.14. The number of pyridine rings is 2. The summed E-state index contributed by atoms with van der Waals surface area (Å²) in [5, 5.41) is 5.40. The minimum absolute atomic E-state index is 0.0944. The normalized spacial score (nSPS) is 19.7. The topological polar surface area (TPSA) is 63.9 Å². The van der Waals surface area contributed by atoms with E-state index in [1.807, 2.05) is 34.0 Å². The second-order valence-electron chi connectivity index (χ2n) is 8.23. The van der Waals surface area contributed by atoms with Gasteiger partial charge in [-0.3, -0.25) is 9.78 Å². The molecule has 0 spiro atoms. The van der Waals surface area contributed by atoms with E-state index in [0.717, 1.165) is 60.1 Å². The standard InChI is InChI=1S/C22H25N5O/c1-14(2)27-21-18(13-24-27)17(12-19(25-21)15-5-6-15)22(28)26-11-3-4-20(26)16-7-9-23-10-8-16/h7-10,12-15,20H,3-6,11H2,1-2H3/t20-/m0/s1. The fourth-order valence-electron chi connectivity index (χ4n) is 4.28. The van der Waals surface area contributed by atoms with Crippen LogP contribution < -0.4 is 0 Å². The third-order valence-corrected chi connectivity index (χ3v) is 5.91. The average Bonchev–Trinajstić information content (AvgIpc) is 3.28. The number of likely N-dealkylation sites (tertiary alicyclic amines) is 1. The van der Waals surface area contributed by atoms with Gasteiger partial charge in [-0.05, 0) is 63.3 Å². The molecule has 28 heavy (non-hydrogen) atoms. The average molecular weight is 375 g/mol. The highest BCUT2D eigenvalue weighted by atomic mass is 16.2. The molecular weight excluding hydrogens is 350 g/mol. The summed E-state index contributed by atoms with van der Waals surface area (Å²) >= 11 is 0. The number of hydrogen-bond acceptors (Lipinski definition) is 4. The molecule has 4 heterocycles. The van der Waals surface area contributed by atoms with E-state index < -0.39 is 0 Å². The van der Waals surface area contributed by atoms with Crippen molar-refractivity contribution < 1.29 is 4.79 Å². The molecule has 3 aromatic rings. The van der Waals surface area contributed by atoms with Crippen molar-refractivity contribution >= 4 is 16.9 Å². The Labute approximate surface area is 164 Å². The first-order chi connectivity index (χ1) is 13.6. The molecule has 0 unspecified atom stereocenters. The summed E-state index contributed by atoms with van der Waals surface area (Å²) in [4.78, 5) is 24.7. The Morgan fingerprint density at radius 2 is 1.96 bits per heavy atom. The molecule has 1 aliphatic carbocycles. The third kappa shape index (κ3) is 2.87. The van der Waals surface area contributed by atoms with Crippen molar-refractivity contribution in [2.24, 2.45) is 0 Å². The van der Waals surface area contributed by atoms with Crippen LogP contribution >= 0.6 is 0 Å². The maximum Gasteiger partial charge on any atom is 0.255 e. The van der Waals surface area contributed by atoms with E-state index in [0.29, 0.717) is 5.92 Å². The number of aromatic nitrogens is 4. The SMILES string of the molecule is CC(C)n1ncc2c(C(=O)N3CCC[C@H]3c3ccncc3)cc(C3CC3)nc21. The molecule has 0 N–H and O–H groups in total. The lowest BCUT2D eigenvalue weighted by Crippen LogP contribution is -2.31. The van der Waals surface area contributed by atoms with Crippen molar-refractivity contribution in [1.29, 1.82) is 0 Å². The summed E-state index contributed by atoms with van der Waals surface area (Å²) in [5.41, 5.74) is 3.78. The van der Waals surface area contributed by atoms with Crippen molar-refractivity contribution in [3.63, 3.8) is 0 Å². The molecule has 1 saturated heterocycles. The summed E-state index contributed by atoms with van der Waals surface area (Å²) in [6.45, 7) is 4.98. The Bertz CT molecular complexity index is 1020. The second-order valence-corrected chi connectivity index (χ2v) is 8.23. The molecule has 0 aromatic carbocycles. The highest BCUT2D eigenvalue weighted by molar-refractivity contribution is 6.05. The molecular formula is C22H25N5O. The number of carbonyl (C=O) groups is 1. The highest BCUT2D eigenvalue weighted by Gasteiger charge is 2.34. The van der Waals surface area contributed by atoms with Crippen molar-refractivity contribution in [1.82, 2.24) is 24.6 Å². The fourth-order valence-corrected chi connectivity index (χ4v) is 4.28. The van der Waals surface area contributed by atoms with Gasteiger partial charge in [0.15, 0.2) is 5.65 Å². The summed E-state index contributed by atoms with van der Waals surface area (Å²) in [5.74, 6) is 0.581. The maximum absolute atomic E-state index is 13.7. The van der Waals surface area contributed by atoms with E-state index in [1.54, 1.807) is 12.4 Å². The van der Waals surface area contributed by atoms with Crippen LogP contribution in [0.25, 0.3) is 11.0 Å². The molecule has 6 nitrogen and oxygen atoms in total. The summed E-state index contributed by atoms with van der Waals surface area (Å²) in [6, 6.07) is 6.38. The van der Waals surface area contributed by atoms with Crippen LogP contribution in [-0.4, -0.2) is 37.1 Å². The third-order valence-electron chi connectivity index (χ3n) is 5.91. The lowest BCUT2D eigenvalue weighted by molar-refractivity contribution is 0.0737. The summed E-state index contributed by atoms with van der Waals surface area (Å²) < 4.78 is 1.93. The van der Waals surface area contributed by atoms with Gasteiger partial charge < -0.3 is 4.90 Å². The minimum Gasteiger partial charge on any atom is -0.332 e. The van der Waals surface area contributed by atoms with Crippen LogP contribution in [-0.2, 0) is 0 Å². The molecule has 2 fully saturated rings. The molecule has 2 aliphatic rings. The Balaban J connectivity index is 1.59. The van der Waals surface area contributed by atoms with Gasteiger partial charge in [-0.1, -0.05) is 0 Å². The maximum atomic E-state index is 13.7. The Morgan fingerprint density at radius 3 is 2.68 bits per heavy atom. The number of fused-ring (bicyclic) bond motifs is 1. The van der Waals surface area contributed by atoms with Gasteiger partial charge in [-0.2, -0.15) is 5.10 Å². The van der Waals surface area contributed by atoms with E-state index in [1.165, 1.54) is 0 Å². The van der Waals surface area contributed by atoms with Crippen molar-refractivity contribution in [3.05, 3.63) is 53.6 Å². The van der Waals surface area contributed by atoms with Crippen LogP contribution in [0.4, 0.5) is 0 Å². The molecule has 1 aliphatic heterocycles. The van der Waals surface area contributed by atoms with Crippen LogP contribution in [0, 0.1) is 0 Å². The van der Waals surface area contributed by atoms with Crippen molar-refractivity contribution in [2.75, 3.05) is 6.54 Å². The van der Waals surface area contributed by atoms with Gasteiger partial charge >= 0.3 is 0 Å². The summed E-state index contributed by atoms with van der Waals surface area (Å²) in [6.07, 6.45) is 9.75. The molecule has 144 valence electrons. The Morgan fingerprint density at radius 1 is 1.18 bits per heavy atom. The molecule has 1 amide bonds. The van der Waals surface area contributed by atoms with Crippen LogP contribution in [0.2, 0.25) is 0 Å². The Hall–Kier alpha value is -2.76. The molecule has 3 aromatic heterocycles. The lowest BCUT2D eigenvalue weighted by atomic mass is 10.0. The summed E-state index contributed by atoms with van der Waals surface area (Å²) in [7, 11) is 0. The molecule has 6 heteroatoms. The lowest BCUT2D eigenvalue weighted by Gasteiger charge is -2.25. The first-order valence-corrected chi connectivity index (χ1v) is 10.2. The van der Waals surface area contributed by atoms with E-state index >= 15 is 0 Å². The number of rotatable bonds is 4. The first kappa shape index (κ1) is 17.3. The number of amides is 1. The van der Waals surface area contributed by atoms with Crippen LogP contribution in [0.5, 0.6) is 0 Å². The molecule has 0 radical (unpaired) electrons. The first-order valence-electron chi connectivity index (χ1n) is 10.2. The minimum atomic E-state index is 0.0944. The van der Waals surface area contributed by atoms with Gasteiger partial charge in [0.05, 0.1) is 23.2 Å². The van der Waals surface area contributed by atoms with E-state index in [4.69, 9.17) is 4.98 Å². The number of carbonyl (C=O) groups excluding carboxylic acids is 1. The molecule has 0 bridgehead atoms. The van der Waals surface area contributed by atoms with Gasteiger partial charge in [0.2, 0.25) is 0 Å². The zero-order chi connectivity index (χ0) is 19.3. The van der Waals surface area contributed by atoms with E-state index in [9.17, 15) is 4.79 Å². The highest BCUT2D eigenvalue weighted by Crippen LogP contribution is 2.41. The van der Waals surface area contributed by atoms with Crippen molar-refractivity contribution in [3.8, 4) is 0 Å². The molecule has 1 atom stereocenters. The zero-order valence-electron chi connectivity index (χ0n) is 16.4. The van der Waals surface area contributed by atoms with Gasteiger partial charge in [-0.15, -0.1) is 0 Å². The van der Waals surface area contributed by atoms with E-state index in [-0.39, 0.29) is 18.0 Å². The predicted octanol–water partition coefficient (Wildman–Crippen LogP) is 4.26. The van der Waals surface area contributed by atoms with Gasteiger partial charge in [0, 0.05) is 36.6 Å². The van der Waals surface area contributed by atoms with E-state index in [2.05, 4.69) is 23.9 Å². The molecule has 5 rings (SSSR count). The van der Waals surface area contributed by atoms with Crippen LogP contribution in [0.3, 0.4) is 0 Å². The quantitative estimate of drug-likeness (QED) is 0.683. The van der Waals surface area contributed by atoms with Gasteiger partial charge in [0.25, 0.3) is 5.91 Å². The van der Waals surface area contributed by atoms with Gasteiger partial charge in [0.1, 0.15) is 0 Å². The van der Waals surface area contributed by atoms with Crippen LogP contribution in [0.1, 0.15) is 79.1 Å². The van der Waals surface area contributed by atoms with Crippen LogP contribution in [0.15, 0.2) is 36.8 Å². The predicted molar refractivity (Wildman–Crippen MR) is 107 cm³/mol. The number of hydrogen-bond donors (Lipinski definition) is 0. The second kappa shape index (κ2) is 6.69. The fraction of sp³-hybridized carbons (Fsp3) is 0.455. The largest absolute Gasteiger partial charge is 0.332 e. The smallest absolute Gasteiger partial charge is 0.255 e. The number of nitrogens with zero attached hydrogens (tertiary/aromatic N) is 5. The zero-order valence-corrected chi connectivity index (χ0v) is 16.4. The molecule has 1 saturated carbocycles. The monoisotopic (exact) mass is 375 g/mol.